The summed E-state index contributed by atoms with van der Waals surface area (Å²) in [6, 6.07) is -3.43. The normalized spacial score (nSPS) is 32.9. The van der Waals surface area contributed by atoms with Crippen molar-refractivity contribution >= 4 is 70.6 Å². The number of hydrogen-bond donors (Lipinski definition) is 6. The average molecular weight is 2120 g/mol. The van der Waals surface area contributed by atoms with Crippen molar-refractivity contribution in [1.29, 1.82) is 0 Å². The Hall–Kier alpha value is -6.52. The number of esters is 4. The number of hydrogen-bond acceptors (Lipinski definition) is 27. The lowest BCUT2D eigenvalue weighted by molar-refractivity contribution is -0.269. The number of carbonyl (C=O) groups is 12. The highest BCUT2D eigenvalue weighted by Gasteiger charge is 2.59. The molecule has 860 valence electrons. The lowest BCUT2D eigenvalue weighted by Crippen LogP contribution is -2.61. The van der Waals surface area contributed by atoms with Crippen molar-refractivity contribution in [3.05, 3.63) is 23.3 Å². The van der Waals surface area contributed by atoms with Gasteiger partial charge in [-0.15, -0.1) is 0 Å². The first-order chi connectivity index (χ1) is 69.9. The predicted octanol–water partition coefficient (Wildman–Crippen LogP) is 17.6. The number of Topliss-reactive ketones (excluding diaryl/α,β-unsaturated/α-hetero) is 4. The van der Waals surface area contributed by atoms with E-state index in [-0.39, 0.29) is 140 Å². The van der Waals surface area contributed by atoms with Crippen LogP contribution in [0.5, 0.6) is 0 Å². The van der Waals surface area contributed by atoms with E-state index in [2.05, 4.69) is 74.5 Å². The molecular formula is C119H202N4O27. The Morgan fingerprint density at radius 1 is 0.333 bits per heavy atom. The molecule has 0 bridgehead atoms. The summed E-state index contributed by atoms with van der Waals surface area (Å²) in [6.07, 6.45) is 17.6. The molecule has 10 fully saturated rings. The van der Waals surface area contributed by atoms with Gasteiger partial charge in [0.2, 0.25) is 23.1 Å². The van der Waals surface area contributed by atoms with Crippen molar-refractivity contribution < 1.29 is 131 Å². The van der Waals surface area contributed by atoms with Crippen LogP contribution in [0.25, 0.3) is 0 Å². The molecule has 10 aliphatic rings. The van der Waals surface area contributed by atoms with Gasteiger partial charge in [-0.05, 0) is 292 Å². The van der Waals surface area contributed by atoms with Crippen LogP contribution in [0.2, 0.25) is 0 Å². The highest BCUT2D eigenvalue weighted by atomic mass is 16.7. The summed E-state index contributed by atoms with van der Waals surface area (Å²) >= 11 is 0. The summed E-state index contributed by atoms with van der Waals surface area (Å²) in [5.74, 6) is -16.9. The summed E-state index contributed by atoms with van der Waals surface area (Å²) in [4.78, 5) is 166. The van der Waals surface area contributed by atoms with E-state index in [0.29, 0.717) is 125 Å². The van der Waals surface area contributed by atoms with Crippen LogP contribution in [-0.2, 0) is 100 Å². The van der Waals surface area contributed by atoms with Gasteiger partial charge in [-0.2, -0.15) is 0 Å². The van der Waals surface area contributed by atoms with E-state index < -0.39 is 166 Å². The molecule has 2 aliphatic carbocycles. The number of aliphatic hydroxyl groups excluding tert-OH is 2. The zero-order valence-electron chi connectivity index (χ0n) is 98.1. The van der Waals surface area contributed by atoms with E-state index >= 15 is 0 Å². The smallest absolute Gasteiger partial charge is 0.329 e. The number of allylic oxidation sites excluding steroid dienone is 2. The van der Waals surface area contributed by atoms with E-state index in [1.54, 1.807) is 34.8 Å². The van der Waals surface area contributed by atoms with Gasteiger partial charge in [0.15, 0.2) is 0 Å². The number of aliphatic hydroxyl groups is 6. The lowest BCUT2D eigenvalue weighted by Gasteiger charge is -2.43. The molecule has 2 saturated carbocycles. The van der Waals surface area contributed by atoms with Gasteiger partial charge in [-0.3, -0.25) is 38.4 Å². The molecule has 10 rings (SSSR count). The minimum atomic E-state index is -2.20. The Kier molecular flexibility index (Phi) is 50.1. The van der Waals surface area contributed by atoms with Gasteiger partial charge in [0.1, 0.15) is 48.6 Å². The number of piperidine rings is 2. The van der Waals surface area contributed by atoms with Gasteiger partial charge in [0.05, 0.1) is 42.7 Å². The van der Waals surface area contributed by atoms with E-state index in [1.807, 2.05) is 132 Å². The van der Waals surface area contributed by atoms with Crippen LogP contribution in [0.15, 0.2) is 23.3 Å². The van der Waals surface area contributed by atoms with Crippen LogP contribution >= 0.6 is 0 Å². The van der Waals surface area contributed by atoms with Crippen LogP contribution in [0.1, 0.15) is 382 Å². The highest BCUT2D eigenvalue weighted by molar-refractivity contribution is 6.41. The van der Waals surface area contributed by atoms with Gasteiger partial charge >= 0.3 is 23.9 Å². The molecule has 6 N–H and O–H groups in total. The van der Waals surface area contributed by atoms with Gasteiger partial charge in [-0.25, -0.2) is 19.2 Å². The van der Waals surface area contributed by atoms with E-state index in [9.17, 15) is 88.2 Å². The molecule has 0 radical (unpaired) electrons. The minimum Gasteiger partial charge on any atom is -0.460 e. The standard InChI is InChI=1S/C32H55NO8.C30H51NO7.C29H49NO6.C28H47NO6/c1-18(2)25-15-13-22(7)32(38,41-25)29(35)30(36)33-16-10-9-11-24(33)31(37)40-27(19(3)4)21(6)17-23-14-12-20(5)28(39-8)26(23)34;1-17(2)25-13-11-21(7)30(36,38-25)27(33)28(34)31-14-8-9-23(31)29(35)37-26(18(3)4)20(6)15-22-12-10-19(5)24(32)16-22;1-17(2)20(7)16-21(8)25(19(5)6)35-28(33)23-12-10-11-15-30(23)27(32)26(31)29(34)22(9)13-14-24(36-29)18(3)4;1-16(2)19(7)15-20(8)24(18(5)6)34-27(32)22-11-10-14-29(22)26(31)25(30)28(33)21(9)12-13-23(35-28)17(3)4/h18-28,34,38H,9-17H2,1-8H3;17-26,32,36H,8-16H2,1-7H3;16-20,22-25,34H,10-15H2,1-9H3;15-19,21-24,33H,10-14H2,1-9H3/b;;21-16+;20-15+. The molecule has 4 amide bonds. The first kappa shape index (κ1) is 130. The van der Waals surface area contributed by atoms with Crippen molar-refractivity contribution in [2.75, 3.05) is 33.3 Å². The van der Waals surface area contributed by atoms with Gasteiger partial charge in [-0.1, -0.05) is 220 Å². The van der Waals surface area contributed by atoms with Crippen molar-refractivity contribution in [1.82, 2.24) is 19.6 Å². The van der Waals surface area contributed by atoms with Crippen molar-refractivity contribution in [3.8, 4) is 0 Å². The fourth-order valence-electron chi connectivity index (χ4n) is 24.0. The third-order valence-electron chi connectivity index (χ3n) is 35.2. The van der Waals surface area contributed by atoms with Crippen LogP contribution in [-0.4, -0.2) is 269 Å². The molecule has 31 unspecified atom stereocenters. The summed E-state index contributed by atoms with van der Waals surface area (Å²) < 4.78 is 53.0. The molecule has 150 heavy (non-hydrogen) atoms. The molecule has 31 heteroatoms. The zero-order valence-corrected chi connectivity index (χ0v) is 98.1. The number of amides is 4. The molecule has 8 saturated heterocycles. The number of likely N-dealkylation sites (tertiary alicyclic amines) is 4. The minimum absolute atomic E-state index is 0.0198. The molecule has 0 aromatic carbocycles. The fraction of sp³-hybridized carbons (Fsp3) is 0.866. The molecule has 8 aliphatic heterocycles. The maximum atomic E-state index is 13.6. The van der Waals surface area contributed by atoms with E-state index in [0.717, 1.165) is 81.8 Å². The Morgan fingerprint density at radius 2 is 0.613 bits per heavy atom. The summed E-state index contributed by atoms with van der Waals surface area (Å²) in [6.45, 7) is 64.9. The van der Waals surface area contributed by atoms with Gasteiger partial charge < -0.3 is 92.9 Å². The molecule has 0 aromatic heterocycles. The Bertz CT molecular complexity index is 4470. The van der Waals surface area contributed by atoms with Gasteiger partial charge in [0.25, 0.3) is 46.8 Å². The fourth-order valence-corrected chi connectivity index (χ4v) is 24.0. The quantitative estimate of drug-likeness (QED) is 0.0146. The van der Waals surface area contributed by atoms with Crippen molar-refractivity contribution in [2.45, 2.75) is 497 Å². The number of ketones is 4. The van der Waals surface area contributed by atoms with Crippen LogP contribution in [0, 0.1) is 130 Å². The monoisotopic (exact) mass is 2120 g/mol. The molecule has 31 nitrogen and oxygen atoms in total. The maximum Gasteiger partial charge on any atom is 0.329 e. The first-order valence-corrected chi connectivity index (χ1v) is 58.0. The van der Waals surface area contributed by atoms with E-state index in [1.165, 1.54) is 19.6 Å². The second kappa shape index (κ2) is 57.6. The third kappa shape index (κ3) is 32.9. The number of rotatable bonds is 37. The summed E-state index contributed by atoms with van der Waals surface area (Å²) in [5, 5.41) is 66.2. The lowest BCUT2D eigenvalue weighted by atomic mass is 9.73. The summed E-state index contributed by atoms with van der Waals surface area (Å²) in [5.41, 5.74) is 1.97. The van der Waals surface area contributed by atoms with Crippen LogP contribution < -0.4 is 0 Å². The molecular weight excluding hydrogens is 1920 g/mol. The SMILES string of the molecule is C/C(=C\C(C)C(C)C)C(OC(=O)C1CCCCN1C(=O)C(=O)C1(O)OC(C(C)C)CCC1C)C(C)C.C/C(=C\C(C)C(C)C)C(OC(=O)C1CCCN1C(=O)C(=O)C1(O)OC(C(C)C)CCC1C)C(C)C.CC(C)C1CCC(C)C(O)(C(=O)C(=O)N2CCCC2C(=O)OC(C(C)C)C(C)CC2CCC(C)C(O)C2)O1.COC1C(C)CCC(CC(C)C(OC(=O)C2CCCCN2C(=O)C(=O)C2(O)OC(C(C)C)CCC2C)C(C)C)C1O. The first-order valence-electron chi connectivity index (χ1n) is 58.0. The molecule has 8 heterocycles. The second-order valence-corrected chi connectivity index (χ2v) is 50.6. The zero-order chi connectivity index (χ0) is 113. The number of methoxy groups -OCH3 is 1. The highest BCUT2D eigenvalue weighted by Crippen LogP contribution is 2.46. The van der Waals surface area contributed by atoms with Crippen LogP contribution in [0.3, 0.4) is 0 Å². The largest absolute Gasteiger partial charge is 0.460 e. The molecule has 0 aromatic rings. The van der Waals surface area contributed by atoms with Gasteiger partial charge in [0, 0.05) is 57.0 Å². The molecule has 31 atom stereocenters. The van der Waals surface area contributed by atoms with E-state index in [4.69, 9.17) is 42.6 Å². The average Bonchev–Trinajstić information content (AvgIpc) is 1.42. The summed E-state index contributed by atoms with van der Waals surface area (Å²) in [7, 11) is 1.64. The molecule has 0 spiro atoms. The predicted molar refractivity (Wildman–Crippen MR) is 574 cm³/mol. The number of nitrogens with zero attached hydrogens (tertiary/aromatic N) is 4. The van der Waals surface area contributed by atoms with Crippen LogP contribution in [0.4, 0.5) is 0 Å². The number of ether oxygens (including phenoxy) is 9. The van der Waals surface area contributed by atoms with Crippen molar-refractivity contribution in [3.63, 3.8) is 0 Å². The Labute approximate surface area is 899 Å². The maximum absolute atomic E-state index is 13.6. The second-order valence-electron chi connectivity index (χ2n) is 50.6. The van der Waals surface area contributed by atoms with Crippen molar-refractivity contribution in [2.24, 2.45) is 130 Å². The topological polar surface area (TPSA) is 422 Å². The Morgan fingerprint density at radius 3 is 0.887 bits per heavy atom. The Balaban J connectivity index is 0.000000271. The number of carbonyl (C=O) groups excluding carboxylic acids is 12. The third-order valence-corrected chi connectivity index (χ3v) is 35.2.